The average molecular weight is 1060 g/mol. The van der Waals surface area contributed by atoms with Gasteiger partial charge in [-0.3, -0.25) is 9.59 Å². The molecule has 0 saturated heterocycles. The lowest BCUT2D eigenvalue weighted by Crippen LogP contribution is -2.28. The molecule has 76 heavy (non-hydrogen) atoms. The quantitative estimate of drug-likeness (QED) is 0.0373. The fourth-order valence-corrected chi connectivity index (χ4v) is 9.99. The molecular weight excluding hydrogens is 933 g/mol. The summed E-state index contributed by atoms with van der Waals surface area (Å²) < 4.78 is 10.7. The number of carbonyl (C=O) groups is 2. The number of unbranched alkanes of at least 4 members (excludes halogenated alkanes) is 42. The van der Waals surface area contributed by atoms with E-state index in [9.17, 15) is 14.7 Å². The van der Waals surface area contributed by atoms with E-state index in [0.717, 1.165) is 77.0 Å². The monoisotopic (exact) mass is 1060 g/mol. The zero-order valence-corrected chi connectivity index (χ0v) is 50.8. The van der Waals surface area contributed by atoms with Gasteiger partial charge < -0.3 is 14.6 Å². The van der Waals surface area contributed by atoms with Gasteiger partial charge in [0.25, 0.3) is 0 Å². The van der Waals surface area contributed by atoms with Crippen molar-refractivity contribution in [3.05, 3.63) is 72.9 Å². The second-order valence-electron chi connectivity index (χ2n) is 22.5. The first-order chi connectivity index (χ1) is 37.6. The van der Waals surface area contributed by atoms with Crippen LogP contribution in [0, 0.1) is 0 Å². The molecule has 442 valence electrons. The third-order valence-electron chi connectivity index (χ3n) is 15.0. The first-order valence-electron chi connectivity index (χ1n) is 33.5. The molecule has 0 fully saturated rings. The fraction of sp³-hybridized carbons (Fsp3) is 0.803. The van der Waals surface area contributed by atoms with E-state index in [1.165, 1.54) is 244 Å². The molecule has 0 aliphatic heterocycles. The van der Waals surface area contributed by atoms with Crippen LogP contribution in [0.3, 0.4) is 0 Å². The topological polar surface area (TPSA) is 72.8 Å². The second kappa shape index (κ2) is 66.6. The van der Waals surface area contributed by atoms with Gasteiger partial charge in [0.15, 0.2) is 6.10 Å². The molecule has 0 aromatic carbocycles. The number of hydrogen-bond donors (Lipinski definition) is 1. The van der Waals surface area contributed by atoms with Gasteiger partial charge in [-0.05, 0) is 83.5 Å². The highest BCUT2D eigenvalue weighted by Crippen LogP contribution is 2.18. The van der Waals surface area contributed by atoms with Gasteiger partial charge in [-0.25, -0.2) is 0 Å². The molecule has 0 saturated carbocycles. The third kappa shape index (κ3) is 63.9. The summed E-state index contributed by atoms with van der Waals surface area (Å²) in [6.45, 7) is 4.05. The maximum Gasteiger partial charge on any atom is 0.306 e. The van der Waals surface area contributed by atoms with Crippen LogP contribution in [-0.2, 0) is 19.1 Å². The molecule has 1 unspecified atom stereocenters. The summed E-state index contributed by atoms with van der Waals surface area (Å²) in [6, 6.07) is 0. The lowest BCUT2D eigenvalue weighted by Gasteiger charge is -2.15. The Labute approximate surface area is 473 Å². The largest absolute Gasteiger partial charge is 0.462 e. The Bertz CT molecular complexity index is 1340. The maximum atomic E-state index is 12.3. The summed E-state index contributed by atoms with van der Waals surface area (Å²) in [6.07, 6.45) is 92.2. The van der Waals surface area contributed by atoms with Crippen LogP contribution < -0.4 is 0 Å². The molecule has 5 nitrogen and oxygen atoms in total. The van der Waals surface area contributed by atoms with E-state index in [-0.39, 0.29) is 25.2 Å². The van der Waals surface area contributed by atoms with Crippen LogP contribution in [0.4, 0.5) is 0 Å². The van der Waals surface area contributed by atoms with Crippen molar-refractivity contribution in [1.29, 1.82) is 0 Å². The number of aliphatic hydroxyl groups is 1. The number of esters is 2. The van der Waals surface area contributed by atoms with Crippen molar-refractivity contribution in [2.75, 3.05) is 13.2 Å². The molecule has 1 N–H and O–H groups in total. The summed E-state index contributed by atoms with van der Waals surface area (Å²) in [5, 5.41) is 9.68. The number of carbonyl (C=O) groups excluding carboxylic acids is 2. The Morgan fingerprint density at radius 3 is 0.868 bits per heavy atom. The second-order valence-corrected chi connectivity index (χ2v) is 22.5. The Morgan fingerprint density at radius 2 is 0.566 bits per heavy atom. The van der Waals surface area contributed by atoms with Crippen LogP contribution in [-0.4, -0.2) is 36.4 Å². The Kier molecular flexibility index (Phi) is 64.3. The van der Waals surface area contributed by atoms with E-state index in [1.807, 2.05) is 0 Å². The molecule has 0 aliphatic rings. The van der Waals surface area contributed by atoms with Crippen LogP contribution in [0.1, 0.15) is 348 Å². The van der Waals surface area contributed by atoms with Crippen molar-refractivity contribution in [3.8, 4) is 0 Å². The Hall–Kier alpha value is -2.66. The van der Waals surface area contributed by atoms with Gasteiger partial charge in [-0.1, -0.05) is 324 Å². The first-order valence-corrected chi connectivity index (χ1v) is 33.5. The lowest BCUT2D eigenvalue weighted by molar-refractivity contribution is -0.161. The van der Waals surface area contributed by atoms with E-state index in [2.05, 4.69) is 86.8 Å². The predicted octanol–water partition coefficient (Wildman–Crippen LogP) is 23.1. The maximum absolute atomic E-state index is 12.3. The minimum absolute atomic E-state index is 0.0699. The van der Waals surface area contributed by atoms with Crippen LogP contribution in [0.5, 0.6) is 0 Å². The van der Waals surface area contributed by atoms with Crippen LogP contribution in [0.25, 0.3) is 0 Å². The highest BCUT2D eigenvalue weighted by molar-refractivity contribution is 5.70. The molecule has 0 heterocycles. The number of rotatable bonds is 62. The predicted molar refractivity (Wildman–Crippen MR) is 334 cm³/mol. The fourth-order valence-electron chi connectivity index (χ4n) is 9.99. The number of allylic oxidation sites excluding steroid dienone is 12. The molecule has 1 atom stereocenters. The number of aliphatic hydroxyl groups excluding tert-OH is 1. The van der Waals surface area contributed by atoms with E-state index < -0.39 is 6.10 Å². The van der Waals surface area contributed by atoms with Crippen molar-refractivity contribution >= 4 is 11.9 Å². The summed E-state index contributed by atoms with van der Waals surface area (Å²) >= 11 is 0. The van der Waals surface area contributed by atoms with E-state index in [4.69, 9.17) is 9.47 Å². The molecule has 0 rings (SSSR count). The molecule has 0 aromatic rings. The standard InChI is InChI=1S/C71H128O5/c1-3-5-7-9-11-13-15-17-19-21-23-25-27-28-29-30-31-32-33-34-35-36-37-38-39-40-41-42-44-45-47-49-51-53-55-57-59-61-63-65-70(73)75-68-69(67-72)76-71(74)66-64-62-60-58-56-54-52-50-48-46-43-26-24-22-20-18-16-14-12-10-8-6-4-2/h6,8,12,14,18,20-21,23-24,26,46,48,69,72H,3-5,7,9-11,13,15-17,19,22,25,27-45,47,49-68H2,1-2H3/b8-6-,14-12-,20-18-,23-21-,26-24-,48-46-. The minimum Gasteiger partial charge on any atom is -0.462 e. The molecule has 0 radical (unpaired) electrons. The van der Waals surface area contributed by atoms with Gasteiger partial charge >= 0.3 is 11.9 Å². The van der Waals surface area contributed by atoms with Crippen molar-refractivity contribution < 1.29 is 24.2 Å². The van der Waals surface area contributed by atoms with Gasteiger partial charge in [0.2, 0.25) is 0 Å². The highest BCUT2D eigenvalue weighted by atomic mass is 16.6. The summed E-state index contributed by atoms with van der Waals surface area (Å²) in [4.78, 5) is 24.6. The third-order valence-corrected chi connectivity index (χ3v) is 15.0. The molecule has 0 bridgehead atoms. The molecule has 0 aliphatic carbocycles. The van der Waals surface area contributed by atoms with Crippen molar-refractivity contribution in [1.82, 2.24) is 0 Å². The highest BCUT2D eigenvalue weighted by Gasteiger charge is 2.16. The van der Waals surface area contributed by atoms with Crippen molar-refractivity contribution in [2.24, 2.45) is 0 Å². The van der Waals surface area contributed by atoms with E-state index in [1.54, 1.807) is 0 Å². The average Bonchev–Trinajstić information content (AvgIpc) is 3.42. The van der Waals surface area contributed by atoms with E-state index >= 15 is 0 Å². The van der Waals surface area contributed by atoms with Crippen molar-refractivity contribution in [3.63, 3.8) is 0 Å². The molecule has 0 aromatic heterocycles. The van der Waals surface area contributed by atoms with Gasteiger partial charge in [0.05, 0.1) is 6.61 Å². The smallest absolute Gasteiger partial charge is 0.306 e. The SMILES string of the molecule is CC/C=C\C/C=C\C/C=C\C/C=C\C/C=C\CCCCCCCCCC(=O)OC(CO)COC(=O)CCCCCCCCCCCCCCCCCCCCCCCCCCCCC/C=C\CCCCCCCCCC. The van der Waals surface area contributed by atoms with Crippen LogP contribution in [0.15, 0.2) is 72.9 Å². The summed E-state index contributed by atoms with van der Waals surface area (Å²) in [5.41, 5.74) is 0. The molecule has 0 spiro atoms. The van der Waals surface area contributed by atoms with Crippen molar-refractivity contribution in [2.45, 2.75) is 354 Å². The molecule has 5 heteroatoms. The van der Waals surface area contributed by atoms with E-state index in [0.29, 0.717) is 12.8 Å². The van der Waals surface area contributed by atoms with Crippen LogP contribution >= 0.6 is 0 Å². The van der Waals surface area contributed by atoms with Gasteiger partial charge in [-0.2, -0.15) is 0 Å². The van der Waals surface area contributed by atoms with Crippen LogP contribution in [0.2, 0.25) is 0 Å². The van der Waals surface area contributed by atoms with Gasteiger partial charge in [0.1, 0.15) is 6.61 Å². The Balaban J connectivity index is 3.41. The first kappa shape index (κ1) is 73.3. The zero-order valence-electron chi connectivity index (χ0n) is 50.8. The number of hydrogen-bond acceptors (Lipinski definition) is 5. The number of ether oxygens (including phenoxy) is 2. The van der Waals surface area contributed by atoms with Gasteiger partial charge in [0, 0.05) is 12.8 Å². The Morgan fingerprint density at radius 1 is 0.316 bits per heavy atom. The summed E-state index contributed by atoms with van der Waals surface area (Å²) in [7, 11) is 0. The molecule has 0 amide bonds. The zero-order chi connectivity index (χ0) is 54.8. The lowest BCUT2D eigenvalue weighted by atomic mass is 10.0. The van der Waals surface area contributed by atoms with Gasteiger partial charge in [-0.15, -0.1) is 0 Å². The normalized spacial score (nSPS) is 12.6. The summed E-state index contributed by atoms with van der Waals surface area (Å²) in [5.74, 6) is -0.591. The minimum atomic E-state index is -0.781. The molecular formula is C71H128O5.